The van der Waals surface area contributed by atoms with Gasteiger partial charge in [-0.1, -0.05) is 60.7 Å². The van der Waals surface area contributed by atoms with E-state index in [4.69, 9.17) is 0 Å². The number of hydrogen-bond donors (Lipinski definition) is 2. The molecule has 132 valence electrons. The first-order valence-electron chi connectivity index (χ1n) is 8.82. The number of pyridine rings is 1. The topological polar surface area (TPSA) is 54.0 Å². The summed E-state index contributed by atoms with van der Waals surface area (Å²) in [7, 11) is 0. The van der Waals surface area contributed by atoms with Crippen molar-refractivity contribution in [3.8, 4) is 0 Å². The molecule has 1 atom stereocenters. The maximum Gasteiger partial charge on any atom is 0.225 e. The molecule has 0 saturated heterocycles. The van der Waals surface area contributed by atoms with E-state index in [1.54, 1.807) is 6.20 Å². The fraction of sp³-hybridized carbons (Fsp3) is 0.182. The van der Waals surface area contributed by atoms with Crippen LogP contribution in [0.4, 0.5) is 11.5 Å². The third kappa shape index (κ3) is 5.18. The molecule has 0 saturated carbocycles. The molecule has 0 aliphatic carbocycles. The Morgan fingerprint density at radius 3 is 2.31 bits per heavy atom. The van der Waals surface area contributed by atoms with E-state index in [0.717, 1.165) is 17.7 Å². The van der Waals surface area contributed by atoms with Crippen molar-refractivity contribution in [1.29, 1.82) is 0 Å². The molecule has 0 spiro atoms. The molecular weight excluding hydrogens is 322 g/mol. The summed E-state index contributed by atoms with van der Waals surface area (Å²) in [5, 5.41) is 6.26. The predicted octanol–water partition coefficient (Wildman–Crippen LogP) is 4.83. The van der Waals surface area contributed by atoms with Crippen LogP contribution >= 0.6 is 0 Å². The number of rotatable bonds is 7. The summed E-state index contributed by atoms with van der Waals surface area (Å²) in [4.78, 5) is 16.4. The zero-order chi connectivity index (χ0) is 18.2. The minimum absolute atomic E-state index is 0.0280. The van der Waals surface area contributed by atoms with Crippen LogP contribution in [-0.2, 0) is 11.2 Å². The van der Waals surface area contributed by atoms with Crippen molar-refractivity contribution in [3.63, 3.8) is 0 Å². The van der Waals surface area contributed by atoms with Crippen LogP contribution in [0, 0.1) is 0 Å². The Morgan fingerprint density at radius 1 is 0.962 bits per heavy atom. The van der Waals surface area contributed by atoms with Gasteiger partial charge in [0.25, 0.3) is 0 Å². The maximum atomic E-state index is 12.1. The van der Waals surface area contributed by atoms with Crippen LogP contribution < -0.4 is 10.6 Å². The smallest absolute Gasteiger partial charge is 0.225 e. The molecule has 0 fully saturated rings. The summed E-state index contributed by atoms with van der Waals surface area (Å²) < 4.78 is 0. The highest BCUT2D eigenvalue weighted by Gasteiger charge is 2.07. The molecular formula is C22H23N3O. The van der Waals surface area contributed by atoms with Crippen molar-refractivity contribution < 1.29 is 4.79 Å². The van der Waals surface area contributed by atoms with Gasteiger partial charge in [0.05, 0.1) is 11.9 Å². The van der Waals surface area contributed by atoms with Crippen molar-refractivity contribution in [2.24, 2.45) is 0 Å². The van der Waals surface area contributed by atoms with Crippen LogP contribution in [0.5, 0.6) is 0 Å². The number of anilines is 2. The van der Waals surface area contributed by atoms with Crippen molar-refractivity contribution >= 4 is 17.4 Å². The molecule has 2 N–H and O–H groups in total. The molecule has 0 radical (unpaired) electrons. The molecule has 26 heavy (non-hydrogen) atoms. The lowest BCUT2D eigenvalue weighted by Crippen LogP contribution is -2.13. The van der Waals surface area contributed by atoms with Gasteiger partial charge < -0.3 is 10.6 Å². The normalized spacial score (nSPS) is 11.6. The Morgan fingerprint density at radius 2 is 1.65 bits per heavy atom. The zero-order valence-electron chi connectivity index (χ0n) is 14.9. The minimum Gasteiger partial charge on any atom is -0.377 e. The predicted molar refractivity (Wildman–Crippen MR) is 106 cm³/mol. The van der Waals surface area contributed by atoms with Crippen molar-refractivity contribution in [1.82, 2.24) is 4.98 Å². The van der Waals surface area contributed by atoms with E-state index in [0.29, 0.717) is 12.2 Å². The number of nitrogens with zero attached hydrogens (tertiary/aromatic N) is 1. The molecule has 0 aliphatic rings. The summed E-state index contributed by atoms with van der Waals surface area (Å²) in [6.07, 6.45) is 2.91. The number of benzene rings is 2. The van der Waals surface area contributed by atoms with E-state index in [9.17, 15) is 4.79 Å². The molecule has 2 aromatic carbocycles. The first-order valence-corrected chi connectivity index (χ1v) is 8.82. The van der Waals surface area contributed by atoms with Gasteiger partial charge in [0.2, 0.25) is 5.91 Å². The second kappa shape index (κ2) is 8.81. The Labute approximate surface area is 154 Å². The standard InChI is InChI=1S/C22H23N3O/c1-17(19-10-6-3-7-11-19)24-20-13-14-21(23-16-20)25-22(26)15-12-18-8-4-2-5-9-18/h2-11,13-14,16-17,24H,12,15H2,1H3,(H,23,25,26). The van der Waals surface area contributed by atoms with Crippen molar-refractivity contribution in [2.75, 3.05) is 10.6 Å². The minimum atomic E-state index is -0.0280. The highest BCUT2D eigenvalue weighted by molar-refractivity contribution is 5.89. The molecule has 0 bridgehead atoms. The number of carbonyl (C=O) groups excluding carboxylic acids is 1. The number of aromatic nitrogens is 1. The van der Waals surface area contributed by atoms with E-state index in [1.807, 2.05) is 60.7 Å². The zero-order valence-corrected chi connectivity index (χ0v) is 14.9. The quantitative estimate of drug-likeness (QED) is 0.645. The summed E-state index contributed by atoms with van der Waals surface area (Å²) in [5.41, 5.74) is 3.29. The number of hydrogen-bond acceptors (Lipinski definition) is 3. The van der Waals surface area contributed by atoms with Crippen LogP contribution in [0.25, 0.3) is 0 Å². The number of nitrogens with one attached hydrogen (secondary N) is 2. The van der Waals surface area contributed by atoms with Crippen LogP contribution in [0.2, 0.25) is 0 Å². The third-order valence-electron chi connectivity index (χ3n) is 4.20. The third-order valence-corrected chi connectivity index (χ3v) is 4.20. The SMILES string of the molecule is CC(Nc1ccc(NC(=O)CCc2ccccc2)nc1)c1ccccc1. The number of aryl methyl sites for hydroxylation is 1. The fourth-order valence-electron chi connectivity index (χ4n) is 2.74. The van der Waals surface area contributed by atoms with E-state index in [2.05, 4.69) is 34.7 Å². The van der Waals surface area contributed by atoms with E-state index < -0.39 is 0 Å². The molecule has 1 amide bonds. The van der Waals surface area contributed by atoms with Gasteiger partial charge in [-0.3, -0.25) is 4.79 Å². The average molecular weight is 345 g/mol. The fourth-order valence-corrected chi connectivity index (χ4v) is 2.74. The van der Waals surface area contributed by atoms with Crippen LogP contribution in [0.1, 0.15) is 30.5 Å². The Hall–Kier alpha value is -3.14. The number of amides is 1. The molecule has 1 heterocycles. The second-order valence-corrected chi connectivity index (χ2v) is 6.24. The van der Waals surface area contributed by atoms with E-state index in [-0.39, 0.29) is 11.9 Å². The van der Waals surface area contributed by atoms with E-state index in [1.165, 1.54) is 5.56 Å². The number of carbonyl (C=O) groups is 1. The molecule has 3 aromatic rings. The lowest BCUT2D eigenvalue weighted by atomic mass is 10.1. The molecule has 1 unspecified atom stereocenters. The first kappa shape index (κ1) is 17.7. The molecule has 0 aliphatic heterocycles. The van der Waals surface area contributed by atoms with Crippen LogP contribution in [0.3, 0.4) is 0 Å². The first-order chi connectivity index (χ1) is 12.7. The molecule has 4 nitrogen and oxygen atoms in total. The lowest BCUT2D eigenvalue weighted by Gasteiger charge is -2.15. The van der Waals surface area contributed by atoms with Gasteiger partial charge in [-0.15, -0.1) is 0 Å². The largest absolute Gasteiger partial charge is 0.377 e. The van der Waals surface area contributed by atoms with Gasteiger partial charge in [-0.05, 0) is 36.6 Å². The van der Waals surface area contributed by atoms with Gasteiger partial charge in [-0.25, -0.2) is 4.98 Å². The molecule has 1 aromatic heterocycles. The van der Waals surface area contributed by atoms with Crippen molar-refractivity contribution in [3.05, 3.63) is 90.1 Å². The Bertz CT molecular complexity index is 817. The monoisotopic (exact) mass is 345 g/mol. The molecule has 3 rings (SSSR count). The maximum absolute atomic E-state index is 12.1. The summed E-state index contributed by atoms with van der Waals surface area (Å²) in [5.74, 6) is 0.542. The summed E-state index contributed by atoms with van der Waals surface area (Å²) in [6, 6.07) is 24.2. The van der Waals surface area contributed by atoms with E-state index >= 15 is 0 Å². The highest BCUT2D eigenvalue weighted by Crippen LogP contribution is 2.19. The van der Waals surface area contributed by atoms with Gasteiger partial charge in [-0.2, -0.15) is 0 Å². The Kier molecular flexibility index (Phi) is 5.99. The lowest BCUT2D eigenvalue weighted by molar-refractivity contribution is -0.116. The summed E-state index contributed by atoms with van der Waals surface area (Å²) in [6.45, 7) is 2.11. The second-order valence-electron chi connectivity index (χ2n) is 6.24. The van der Waals surface area contributed by atoms with Crippen LogP contribution in [-0.4, -0.2) is 10.9 Å². The molecule has 4 heteroatoms. The van der Waals surface area contributed by atoms with Gasteiger partial charge in [0.15, 0.2) is 0 Å². The van der Waals surface area contributed by atoms with Gasteiger partial charge >= 0.3 is 0 Å². The van der Waals surface area contributed by atoms with Crippen molar-refractivity contribution in [2.45, 2.75) is 25.8 Å². The van der Waals surface area contributed by atoms with Gasteiger partial charge in [0, 0.05) is 12.5 Å². The average Bonchev–Trinajstić information content (AvgIpc) is 2.69. The summed E-state index contributed by atoms with van der Waals surface area (Å²) >= 11 is 0. The highest BCUT2D eigenvalue weighted by atomic mass is 16.1. The Balaban J connectivity index is 1.50. The van der Waals surface area contributed by atoms with Crippen LogP contribution in [0.15, 0.2) is 79.0 Å². The van der Waals surface area contributed by atoms with Gasteiger partial charge in [0.1, 0.15) is 5.82 Å².